The first-order valence-electron chi connectivity index (χ1n) is 7.92. The van der Waals surface area contributed by atoms with Gasteiger partial charge in [0, 0.05) is 28.8 Å². The zero-order valence-electron chi connectivity index (χ0n) is 13.4. The molecule has 2 aromatic rings. The van der Waals surface area contributed by atoms with E-state index < -0.39 is 0 Å². The molecule has 1 heterocycles. The van der Waals surface area contributed by atoms with Gasteiger partial charge in [0.25, 0.3) is 0 Å². The average molecular weight is 423 g/mol. The van der Waals surface area contributed by atoms with Crippen LogP contribution in [0.5, 0.6) is 0 Å². The first kappa shape index (κ1) is 17.8. The zero-order valence-corrected chi connectivity index (χ0v) is 15.7. The SMILES string of the molecule is O=C(CNc1ccc(Br)cc1Cl)Nc1ccc(N2CCCC2=O)cc1. The van der Waals surface area contributed by atoms with Crippen LogP contribution in [0, 0.1) is 0 Å². The number of hydrogen-bond acceptors (Lipinski definition) is 3. The van der Waals surface area contributed by atoms with Crippen molar-refractivity contribution in [3.63, 3.8) is 0 Å². The number of nitrogens with one attached hydrogen (secondary N) is 2. The van der Waals surface area contributed by atoms with Gasteiger partial charge in [-0.3, -0.25) is 9.59 Å². The Balaban J connectivity index is 1.55. The molecule has 0 saturated carbocycles. The number of carbonyl (C=O) groups is 2. The minimum Gasteiger partial charge on any atom is -0.375 e. The van der Waals surface area contributed by atoms with Gasteiger partial charge in [-0.25, -0.2) is 0 Å². The lowest BCUT2D eigenvalue weighted by molar-refractivity contribution is -0.117. The van der Waals surface area contributed by atoms with Crippen LogP contribution in [0.2, 0.25) is 5.02 Å². The van der Waals surface area contributed by atoms with Crippen molar-refractivity contribution < 1.29 is 9.59 Å². The number of halogens is 2. The highest BCUT2D eigenvalue weighted by Gasteiger charge is 2.21. The summed E-state index contributed by atoms with van der Waals surface area (Å²) in [4.78, 5) is 25.6. The molecule has 0 aromatic heterocycles. The maximum atomic E-state index is 12.1. The Kier molecular flexibility index (Phi) is 5.60. The number of amides is 2. The molecule has 5 nitrogen and oxygen atoms in total. The summed E-state index contributed by atoms with van der Waals surface area (Å²) in [5, 5.41) is 6.36. The van der Waals surface area contributed by atoms with Crippen LogP contribution in [-0.4, -0.2) is 24.9 Å². The number of carbonyl (C=O) groups excluding carboxylic acids is 2. The third-order valence-electron chi connectivity index (χ3n) is 3.91. The average Bonchev–Trinajstić information content (AvgIpc) is 3.01. The van der Waals surface area contributed by atoms with Gasteiger partial charge in [0.2, 0.25) is 11.8 Å². The van der Waals surface area contributed by atoms with Gasteiger partial charge >= 0.3 is 0 Å². The van der Waals surface area contributed by atoms with Gasteiger partial charge in [0.05, 0.1) is 17.3 Å². The fourth-order valence-electron chi connectivity index (χ4n) is 2.66. The molecule has 2 aromatic carbocycles. The fourth-order valence-corrected chi connectivity index (χ4v) is 3.40. The van der Waals surface area contributed by atoms with Crippen molar-refractivity contribution in [1.29, 1.82) is 0 Å². The van der Waals surface area contributed by atoms with Crippen molar-refractivity contribution in [3.05, 3.63) is 52.0 Å². The predicted octanol–water partition coefficient (Wildman–Crippen LogP) is 4.28. The Morgan fingerprint density at radius 1 is 1.20 bits per heavy atom. The highest BCUT2D eigenvalue weighted by Crippen LogP contribution is 2.26. The summed E-state index contributed by atoms with van der Waals surface area (Å²) in [6, 6.07) is 12.7. The Morgan fingerprint density at radius 3 is 2.60 bits per heavy atom. The van der Waals surface area contributed by atoms with E-state index in [4.69, 9.17) is 11.6 Å². The standard InChI is InChI=1S/C18H17BrClN3O2/c19-12-3-8-16(15(20)10-12)21-11-17(24)22-13-4-6-14(7-5-13)23-9-1-2-18(23)25/h3-8,10,21H,1-2,9,11H2,(H,22,24). The monoisotopic (exact) mass is 421 g/mol. The van der Waals surface area contributed by atoms with Crippen molar-refractivity contribution in [2.24, 2.45) is 0 Å². The molecule has 0 radical (unpaired) electrons. The molecular formula is C18H17BrClN3O2. The quantitative estimate of drug-likeness (QED) is 0.756. The topological polar surface area (TPSA) is 61.4 Å². The van der Waals surface area contributed by atoms with Gasteiger partial charge in [-0.2, -0.15) is 0 Å². The largest absolute Gasteiger partial charge is 0.375 e. The second-order valence-corrected chi connectivity index (χ2v) is 7.04. The van der Waals surface area contributed by atoms with E-state index in [2.05, 4.69) is 26.6 Å². The van der Waals surface area contributed by atoms with Gasteiger partial charge < -0.3 is 15.5 Å². The van der Waals surface area contributed by atoms with Crippen LogP contribution in [0.4, 0.5) is 17.1 Å². The minimum atomic E-state index is -0.177. The molecule has 0 unspecified atom stereocenters. The van der Waals surface area contributed by atoms with Crippen LogP contribution in [0.25, 0.3) is 0 Å². The van der Waals surface area contributed by atoms with Crippen molar-refractivity contribution >= 4 is 56.4 Å². The molecule has 2 amide bonds. The second kappa shape index (κ2) is 7.89. The molecule has 0 bridgehead atoms. The van der Waals surface area contributed by atoms with Crippen LogP contribution < -0.4 is 15.5 Å². The number of anilines is 3. The van der Waals surface area contributed by atoms with Crippen molar-refractivity contribution in [2.45, 2.75) is 12.8 Å². The minimum absolute atomic E-state index is 0.105. The molecule has 0 atom stereocenters. The van der Waals surface area contributed by atoms with Gasteiger partial charge in [0.1, 0.15) is 0 Å². The number of rotatable bonds is 5. The zero-order chi connectivity index (χ0) is 17.8. The molecule has 7 heteroatoms. The first-order valence-corrected chi connectivity index (χ1v) is 9.09. The molecule has 0 spiro atoms. The lowest BCUT2D eigenvalue weighted by Gasteiger charge is -2.16. The van der Waals surface area contributed by atoms with Crippen LogP contribution in [0.1, 0.15) is 12.8 Å². The Bertz CT molecular complexity index is 795. The highest BCUT2D eigenvalue weighted by atomic mass is 79.9. The van der Waals surface area contributed by atoms with E-state index in [1.54, 1.807) is 23.1 Å². The summed E-state index contributed by atoms with van der Waals surface area (Å²) < 4.78 is 0.879. The Morgan fingerprint density at radius 2 is 1.96 bits per heavy atom. The van der Waals surface area contributed by atoms with Crippen molar-refractivity contribution in [3.8, 4) is 0 Å². The van der Waals surface area contributed by atoms with Crippen LogP contribution in [0.3, 0.4) is 0 Å². The molecule has 0 aliphatic carbocycles. The molecule has 3 rings (SSSR count). The molecular weight excluding hydrogens is 406 g/mol. The molecule has 1 aliphatic rings. The Labute approximate surface area is 159 Å². The van der Waals surface area contributed by atoms with Gasteiger partial charge in [-0.05, 0) is 48.9 Å². The summed E-state index contributed by atoms with van der Waals surface area (Å²) >= 11 is 9.45. The maximum Gasteiger partial charge on any atom is 0.243 e. The van der Waals surface area contributed by atoms with E-state index >= 15 is 0 Å². The van der Waals surface area contributed by atoms with Crippen molar-refractivity contribution in [2.75, 3.05) is 28.6 Å². The fraction of sp³-hybridized carbons (Fsp3) is 0.222. The van der Waals surface area contributed by atoms with Gasteiger partial charge in [0.15, 0.2) is 0 Å². The summed E-state index contributed by atoms with van der Waals surface area (Å²) in [6.45, 7) is 0.857. The molecule has 130 valence electrons. The van der Waals surface area contributed by atoms with E-state index in [1.165, 1.54) is 0 Å². The van der Waals surface area contributed by atoms with Gasteiger partial charge in [-0.15, -0.1) is 0 Å². The van der Waals surface area contributed by atoms with E-state index in [1.807, 2.05) is 24.3 Å². The molecule has 1 fully saturated rings. The van der Waals surface area contributed by atoms with E-state index in [9.17, 15) is 9.59 Å². The number of nitrogens with zero attached hydrogens (tertiary/aromatic N) is 1. The Hall–Kier alpha value is -2.05. The maximum absolute atomic E-state index is 12.1. The predicted molar refractivity (Wildman–Crippen MR) is 104 cm³/mol. The third kappa shape index (κ3) is 4.52. The normalized spacial score (nSPS) is 13.8. The van der Waals surface area contributed by atoms with Crippen LogP contribution in [-0.2, 0) is 9.59 Å². The van der Waals surface area contributed by atoms with Crippen molar-refractivity contribution in [1.82, 2.24) is 0 Å². The van der Waals surface area contributed by atoms with Crippen LogP contribution >= 0.6 is 27.5 Å². The number of hydrogen-bond donors (Lipinski definition) is 2. The lowest BCUT2D eigenvalue weighted by atomic mass is 10.2. The van der Waals surface area contributed by atoms with E-state index in [-0.39, 0.29) is 18.4 Å². The second-order valence-electron chi connectivity index (χ2n) is 5.72. The first-order chi connectivity index (χ1) is 12.0. The lowest BCUT2D eigenvalue weighted by Crippen LogP contribution is -2.24. The molecule has 25 heavy (non-hydrogen) atoms. The molecule has 1 saturated heterocycles. The van der Waals surface area contributed by atoms with Crippen LogP contribution in [0.15, 0.2) is 46.9 Å². The summed E-state index contributed by atoms with van der Waals surface area (Å²) in [6.07, 6.45) is 1.49. The summed E-state index contributed by atoms with van der Waals surface area (Å²) in [5.74, 6) is -0.0312. The van der Waals surface area contributed by atoms with Gasteiger partial charge in [-0.1, -0.05) is 27.5 Å². The number of benzene rings is 2. The molecule has 2 N–H and O–H groups in total. The molecule has 1 aliphatic heterocycles. The highest BCUT2D eigenvalue weighted by molar-refractivity contribution is 9.10. The van der Waals surface area contributed by atoms with E-state index in [0.29, 0.717) is 22.8 Å². The smallest absolute Gasteiger partial charge is 0.243 e. The summed E-state index contributed by atoms with van der Waals surface area (Å²) in [7, 11) is 0. The van der Waals surface area contributed by atoms with E-state index in [0.717, 1.165) is 23.1 Å². The summed E-state index contributed by atoms with van der Waals surface area (Å²) in [5.41, 5.74) is 2.24. The third-order valence-corrected chi connectivity index (χ3v) is 4.71.